The highest BCUT2D eigenvalue weighted by Gasteiger charge is 2.10. The van der Waals surface area contributed by atoms with Crippen molar-refractivity contribution in [3.8, 4) is 0 Å². The number of benzene rings is 1. The minimum absolute atomic E-state index is 0.0173. The van der Waals surface area contributed by atoms with E-state index in [4.69, 9.17) is 23.2 Å². The molecule has 2 rings (SSSR count). The van der Waals surface area contributed by atoms with Gasteiger partial charge in [-0.25, -0.2) is 9.37 Å². The molecule has 0 spiro atoms. The van der Waals surface area contributed by atoms with Crippen molar-refractivity contribution in [2.45, 2.75) is 20.4 Å². The van der Waals surface area contributed by atoms with E-state index in [-0.39, 0.29) is 10.0 Å². The van der Waals surface area contributed by atoms with Gasteiger partial charge in [-0.05, 0) is 26.0 Å². The Morgan fingerprint density at radius 2 is 1.94 bits per heavy atom. The number of nitrogens with zero attached hydrogens (tertiary/aromatic N) is 2. The Kier molecular flexibility index (Phi) is 3.78. The zero-order chi connectivity index (χ0) is 13.3. The first-order chi connectivity index (χ1) is 8.51. The van der Waals surface area contributed by atoms with E-state index in [9.17, 15) is 4.39 Å². The van der Waals surface area contributed by atoms with Crippen LogP contribution in [0, 0.1) is 12.7 Å². The number of imidazole rings is 1. The van der Waals surface area contributed by atoms with Crippen LogP contribution in [0.2, 0.25) is 10.0 Å². The van der Waals surface area contributed by atoms with Crippen LogP contribution in [0.4, 0.5) is 16.0 Å². The number of anilines is 2. The summed E-state index contributed by atoms with van der Waals surface area (Å²) in [7, 11) is 0. The molecule has 0 aliphatic carbocycles. The Morgan fingerprint density at radius 1 is 1.33 bits per heavy atom. The Hall–Kier alpha value is -1.26. The highest BCUT2D eigenvalue weighted by atomic mass is 35.5. The van der Waals surface area contributed by atoms with E-state index in [1.807, 2.05) is 24.6 Å². The first-order valence-electron chi connectivity index (χ1n) is 5.46. The SMILES string of the molecule is CCn1cc(C)nc1Nc1cc(Cl)c(F)c(Cl)c1. The van der Waals surface area contributed by atoms with Crippen molar-refractivity contribution in [1.29, 1.82) is 0 Å². The van der Waals surface area contributed by atoms with Crippen LogP contribution in [-0.4, -0.2) is 9.55 Å². The van der Waals surface area contributed by atoms with Crippen molar-refractivity contribution in [1.82, 2.24) is 9.55 Å². The van der Waals surface area contributed by atoms with Crippen LogP contribution in [0.25, 0.3) is 0 Å². The highest BCUT2D eigenvalue weighted by Crippen LogP contribution is 2.28. The van der Waals surface area contributed by atoms with Gasteiger partial charge in [-0.2, -0.15) is 0 Å². The molecule has 96 valence electrons. The minimum atomic E-state index is -0.612. The molecule has 0 bridgehead atoms. The zero-order valence-electron chi connectivity index (χ0n) is 9.97. The van der Waals surface area contributed by atoms with Crippen LogP contribution in [0.3, 0.4) is 0 Å². The van der Waals surface area contributed by atoms with Crippen LogP contribution < -0.4 is 5.32 Å². The first kappa shape index (κ1) is 13.2. The predicted molar refractivity (Wildman–Crippen MR) is 72.3 cm³/mol. The van der Waals surface area contributed by atoms with E-state index < -0.39 is 5.82 Å². The molecule has 1 aromatic heterocycles. The van der Waals surface area contributed by atoms with Gasteiger partial charge in [0.15, 0.2) is 5.82 Å². The van der Waals surface area contributed by atoms with Gasteiger partial charge >= 0.3 is 0 Å². The van der Waals surface area contributed by atoms with E-state index >= 15 is 0 Å². The number of aromatic nitrogens is 2. The van der Waals surface area contributed by atoms with Crippen LogP contribution >= 0.6 is 23.2 Å². The van der Waals surface area contributed by atoms with Gasteiger partial charge in [0, 0.05) is 18.4 Å². The highest BCUT2D eigenvalue weighted by molar-refractivity contribution is 6.35. The quantitative estimate of drug-likeness (QED) is 0.848. The van der Waals surface area contributed by atoms with Crippen LogP contribution in [0.15, 0.2) is 18.3 Å². The molecule has 2 aromatic rings. The zero-order valence-corrected chi connectivity index (χ0v) is 11.5. The average molecular weight is 288 g/mol. The van der Waals surface area contributed by atoms with Crippen molar-refractivity contribution in [3.63, 3.8) is 0 Å². The molecule has 18 heavy (non-hydrogen) atoms. The second-order valence-corrected chi connectivity index (χ2v) is 4.69. The third-order valence-electron chi connectivity index (χ3n) is 2.48. The smallest absolute Gasteiger partial charge is 0.207 e. The summed E-state index contributed by atoms with van der Waals surface area (Å²) < 4.78 is 15.2. The molecule has 1 aromatic carbocycles. The summed E-state index contributed by atoms with van der Waals surface area (Å²) in [6, 6.07) is 2.96. The number of nitrogens with one attached hydrogen (secondary N) is 1. The second-order valence-electron chi connectivity index (χ2n) is 3.87. The summed E-state index contributed by atoms with van der Waals surface area (Å²) in [5.74, 6) is 0.0626. The van der Waals surface area contributed by atoms with Gasteiger partial charge in [0.2, 0.25) is 5.95 Å². The lowest BCUT2D eigenvalue weighted by atomic mass is 10.3. The van der Waals surface area contributed by atoms with Gasteiger partial charge in [0.25, 0.3) is 0 Å². The fourth-order valence-electron chi connectivity index (χ4n) is 1.64. The van der Waals surface area contributed by atoms with Gasteiger partial charge in [0.05, 0.1) is 15.7 Å². The summed E-state index contributed by atoms with van der Waals surface area (Å²) >= 11 is 11.5. The Bertz CT molecular complexity index is 558. The van der Waals surface area contributed by atoms with Crippen LogP contribution in [-0.2, 0) is 6.54 Å². The number of rotatable bonds is 3. The van der Waals surface area contributed by atoms with E-state index in [0.29, 0.717) is 11.6 Å². The fraction of sp³-hybridized carbons (Fsp3) is 0.250. The third kappa shape index (κ3) is 2.60. The predicted octanol–water partition coefficient (Wildman–Crippen LogP) is 4.40. The maximum atomic E-state index is 13.3. The van der Waals surface area contributed by atoms with Gasteiger partial charge in [0.1, 0.15) is 0 Å². The molecular weight excluding hydrogens is 276 g/mol. The lowest BCUT2D eigenvalue weighted by Crippen LogP contribution is -2.01. The van der Waals surface area contributed by atoms with Crippen molar-refractivity contribution in [3.05, 3.63) is 39.9 Å². The van der Waals surface area contributed by atoms with E-state index in [2.05, 4.69) is 10.3 Å². The third-order valence-corrected chi connectivity index (χ3v) is 3.03. The monoisotopic (exact) mass is 287 g/mol. The topological polar surface area (TPSA) is 29.9 Å². The summed E-state index contributed by atoms with van der Waals surface area (Å²) in [4.78, 5) is 4.33. The maximum absolute atomic E-state index is 13.3. The normalized spacial score (nSPS) is 10.7. The molecule has 0 aliphatic heterocycles. The molecule has 0 radical (unpaired) electrons. The van der Waals surface area contributed by atoms with Crippen LogP contribution in [0.1, 0.15) is 12.6 Å². The number of aryl methyl sites for hydroxylation is 2. The standard InChI is InChI=1S/C12H12Cl2FN3/c1-3-18-6-7(2)16-12(18)17-8-4-9(13)11(15)10(14)5-8/h4-6H,3H2,1-2H3,(H,16,17). The molecule has 0 atom stereocenters. The lowest BCUT2D eigenvalue weighted by molar-refractivity contribution is 0.629. The largest absolute Gasteiger partial charge is 0.326 e. The Balaban J connectivity index is 2.34. The second kappa shape index (κ2) is 5.16. The molecule has 3 nitrogen and oxygen atoms in total. The molecule has 1 heterocycles. The molecule has 1 N–H and O–H groups in total. The first-order valence-corrected chi connectivity index (χ1v) is 6.22. The van der Waals surface area contributed by atoms with E-state index in [1.165, 1.54) is 12.1 Å². The van der Waals surface area contributed by atoms with Crippen molar-refractivity contribution in [2.75, 3.05) is 5.32 Å². The molecular formula is C12H12Cl2FN3. The molecule has 0 saturated heterocycles. The van der Waals surface area contributed by atoms with Crippen molar-refractivity contribution in [2.24, 2.45) is 0 Å². The van der Waals surface area contributed by atoms with Crippen molar-refractivity contribution >= 4 is 34.8 Å². The fourth-order valence-corrected chi connectivity index (χ4v) is 2.13. The number of hydrogen-bond acceptors (Lipinski definition) is 2. The minimum Gasteiger partial charge on any atom is -0.326 e. The molecule has 0 saturated carbocycles. The maximum Gasteiger partial charge on any atom is 0.207 e. The van der Waals surface area contributed by atoms with Gasteiger partial charge in [-0.15, -0.1) is 0 Å². The molecule has 0 fully saturated rings. The molecule has 0 amide bonds. The van der Waals surface area contributed by atoms with E-state index in [0.717, 1.165) is 12.2 Å². The molecule has 0 aliphatic rings. The Morgan fingerprint density at radius 3 is 2.50 bits per heavy atom. The van der Waals surface area contributed by atoms with E-state index in [1.54, 1.807) is 0 Å². The number of hydrogen-bond donors (Lipinski definition) is 1. The molecule has 0 unspecified atom stereocenters. The van der Waals surface area contributed by atoms with Gasteiger partial charge in [-0.3, -0.25) is 0 Å². The Labute approximate surface area is 115 Å². The molecule has 6 heteroatoms. The van der Waals surface area contributed by atoms with Crippen LogP contribution in [0.5, 0.6) is 0 Å². The average Bonchev–Trinajstić information content (AvgIpc) is 2.66. The van der Waals surface area contributed by atoms with Gasteiger partial charge < -0.3 is 9.88 Å². The van der Waals surface area contributed by atoms with Crippen molar-refractivity contribution < 1.29 is 4.39 Å². The lowest BCUT2D eigenvalue weighted by Gasteiger charge is -2.09. The summed E-state index contributed by atoms with van der Waals surface area (Å²) in [6.45, 7) is 4.70. The van der Waals surface area contributed by atoms with Gasteiger partial charge in [-0.1, -0.05) is 23.2 Å². The summed E-state index contributed by atoms with van der Waals surface area (Å²) in [5, 5.41) is 3.03. The summed E-state index contributed by atoms with van der Waals surface area (Å²) in [5.41, 5.74) is 1.50. The summed E-state index contributed by atoms with van der Waals surface area (Å²) in [6.07, 6.45) is 1.93. The number of halogens is 3.